The Kier molecular flexibility index (Phi) is 29.2. The molecule has 0 aliphatic rings. The molecule has 30 nitrogen and oxygen atoms in total. The Morgan fingerprint density at radius 2 is 0.960 bits per heavy atom. The van der Waals surface area contributed by atoms with Crippen LogP contribution in [-0.2, 0) is 59.2 Å². The normalized spacial score (nSPS) is 14.8. The number of H-pyrrole nitrogens is 1. The molecule has 0 spiro atoms. The molecule has 422 valence electrons. The molecule has 0 bridgehead atoms. The third-order valence-electron chi connectivity index (χ3n) is 10.9. The highest BCUT2D eigenvalue weighted by molar-refractivity contribution is 5.99. The lowest BCUT2D eigenvalue weighted by molar-refractivity contribution is -0.142. The third-order valence-corrected chi connectivity index (χ3v) is 10.9. The van der Waals surface area contributed by atoms with E-state index in [1.54, 1.807) is 41.5 Å². The Bertz CT molecular complexity index is 2120. The number of rotatable bonds is 36. The molecule has 0 fully saturated rings. The molecule has 9 atom stereocenters. The summed E-state index contributed by atoms with van der Waals surface area (Å²) in [6, 6.07) is -13.9. The van der Waals surface area contributed by atoms with Crippen molar-refractivity contribution in [3.8, 4) is 0 Å². The Balaban J connectivity index is 3.48. The fourth-order valence-electron chi connectivity index (χ4n) is 7.10. The first-order chi connectivity index (χ1) is 35.1. The van der Waals surface area contributed by atoms with E-state index in [1.165, 1.54) is 12.5 Å². The largest absolute Gasteiger partial charge is 0.481 e. The van der Waals surface area contributed by atoms with E-state index < -0.39 is 152 Å². The Morgan fingerprint density at radius 3 is 1.36 bits per heavy atom. The number of hydrogen-bond acceptors (Lipinski definition) is 16. The summed E-state index contributed by atoms with van der Waals surface area (Å²) in [6.07, 6.45) is 0.199. The van der Waals surface area contributed by atoms with Crippen molar-refractivity contribution in [1.29, 1.82) is 0 Å². The first kappa shape index (κ1) is 65.5. The maximum Gasteiger partial charge on any atom is 0.326 e. The van der Waals surface area contributed by atoms with Gasteiger partial charge < -0.3 is 90.9 Å². The Morgan fingerprint density at radius 1 is 0.560 bits per heavy atom. The average Bonchev–Trinajstić information content (AvgIpc) is 3.83. The predicted octanol–water partition coefficient (Wildman–Crippen LogP) is -5.84. The molecule has 0 aliphatic heterocycles. The topological polar surface area (TPSA) is 510 Å². The molecule has 30 heteroatoms. The van der Waals surface area contributed by atoms with Gasteiger partial charge in [-0.2, -0.15) is 0 Å². The predicted molar refractivity (Wildman–Crippen MR) is 266 cm³/mol. The Hall–Kier alpha value is -7.47. The number of aliphatic imine (C=N–C) groups is 1. The highest BCUT2D eigenvalue weighted by atomic mass is 16.4. The average molecular weight is 1070 g/mol. The van der Waals surface area contributed by atoms with E-state index in [2.05, 4.69) is 57.5 Å². The SMILES string of the molecule is CC(C)C[C@H](NC(=O)[C@H](CC(=O)O)NC(=O)[C@H](CC(C)C)NC(=O)[C@H](CCC(N)=O)NC(=O)[C@H](CCCN=C(N)N)NC(=O)[C@H](CC(C)C)NC(=O)[C@@H](N)CO)C(=O)N[C@@H](CO)C(=O)N[C@@H](Cc1cnc[nH]1)C(=O)O. The summed E-state index contributed by atoms with van der Waals surface area (Å²) in [6.45, 7) is 8.44. The number of aliphatic hydroxyl groups is 2. The van der Waals surface area contributed by atoms with Crippen molar-refractivity contribution in [2.45, 2.75) is 154 Å². The van der Waals surface area contributed by atoms with Crippen molar-refractivity contribution in [2.75, 3.05) is 19.8 Å². The Labute approximate surface area is 433 Å². The molecule has 21 N–H and O–H groups in total. The summed E-state index contributed by atoms with van der Waals surface area (Å²) in [5, 5.41) is 58.0. The van der Waals surface area contributed by atoms with Crippen LogP contribution in [-0.4, -0.2) is 176 Å². The quantitative estimate of drug-likeness (QED) is 0.0169. The number of nitrogens with one attached hydrogen (secondary N) is 9. The standard InChI is InChI=1S/C45H77N15O15/c1-21(2)12-28(55-36(66)25(46)18-61)39(69)53-26(8-7-11-51-45(48)49)37(67)54-27(9-10-34(47)63)38(68)56-29(13-22(3)4)40(70)58-31(16-35(64)65)42(72)57-30(14-23(5)6)41(71)60-33(19-62)43(73)59-32(44(74)75)15-24-17-50-20-52-24/h17,20-23,25-33,61-62H,7-16,18-19,46H2,1-6H3,(H2,47,63)(H,50,52)(H,53,69)(H,54,67)(H,55,66)(H,56,68)(H,57,72)(H,58,70)(H,59,73)(H,60,71)(H,64,65)(H,74,75)(H4,48,49,51)/t25-,26-,27-,28-,29-,30-,31-,32-,33-/m0/s1. The highest BCUT2D eigenvalue weighted by Crippen LogP contribution is 2.12. The van der Waals surface area contributed by atoms with Crippen LogP contribution in [0.2, 0.25) is 0 Å². The van der Waals surface area contributed by atoms with Crippen LogP contribution in [0.25, 0.3) is 0 Å². The third kappa shape index (κ3) is 25.8. The van der Waals surface area contributed by atoms with E-state index in [9.17, 15) is 73.2 Å². The van der Waals surface area contributed by atoms with Crippen molar-refractivity contribution < 1.29 is 73.2 Å². The highest BCUT2D eigenvalue weighted by Gasteiger charge is 2.36. The van der Waals surface area contributed by atoms with Gasteiger partial charge in [-0.25, -0.2) is 9.78 Å². The fourth-order valence-corrected chi connectivity index (χ4v) is 7.10. The molecular weight excluding hydrogens is 991 g/mol. The second-order valence-corrected chi connectivity index (χ2v) is 19.0. The van der Waals surface area contributed by atoms with Crippen molar-refractivity contribution in [1.82, 2.24) is 52.5 Å². The monoisotopic (exact) mass is 1070 g/mol. The number of carbonyl (C=O) groups excluding carboxylic acids is 9. The zero-order valence-electron chi connectivity index (χ0n) is 43.1. The van der Waals surface area contributed by atoms with Gasteiger partial charge in [-0.1, -0.05) is 41.5 Å². The van der Waals surface area contributed by atoms with Gasteiger partial charge >= 0.3 is 11.9 Å². The van der Waals surface area contributed by atoms with E-state index in [-0.39, 0.29) is 68.8 Å². The van der Waals surface area contributed by atoms with Crippen LogP contribution < -0.4 is 65.5 Å². The first-order valence-corrected chi connectivity index (χ1v) is 24.2. The van der Waals surface area contributed by atoms with Gasteiger partial charge in [0, 0.05) is 31.3 Å². The number of carboxylic acids is 2. The van der Waals surface area contributed by atoms with Gasteiger partial charge in [-0.05, 0) is 56.3 Å². The minimum atomic E-state index is -1.91. The summed E-state index contributed by atoms with van der Waals surface area (Å²) in [7, 11) is 0. The first-order valence-electron chi connectivity index (χ1n) is 24.2. The van der Waals surface area contributed by atoms with Crippen LogP contribution >= 0.6 is 0 Å². The number of carbonyl (C=O) groups is 11. The molecule has 0 unspecified atom stereocenters. The summed E-state index contributed by atoms with van der Waals surface area (Å²) in [5.41, 5.74) is 22.3. The van der Waals surface area contributed by atoms with E-state index >= 15 is 0 Å². The van der Waals surface area contributed by atoms with E-state index in [4.69, 9.17) is 22.9 Å². The van der Waals surface area contributed by atoms with Crippen LogP contribution in [0.4, 0.5) is 0 Å². The minimum absolute atomic E-state index is 0.00269. The number of primary amides is 1. The summed E-state index contributed by atoms with van der Waals surface area (Å²) in [5.74, 6) is -13.2. The molecule has 1 heterocycles. The molecule has 0 aromatic carbocycles. The molecular formula is C45H77N15O15. The summed E-state index contributed by atoms with van der Waals surface area (Å²) >= 11 is 0. The number of nitrogens with zero attached hydrogens (tertiary/aromatic N) is 2. The van der Waals surface area contributed by atoms with Gasteiger partial charge in [0.15, 0.2) is 5.96 Å². The molecule has 1 rings (SSSR count). The van der Waals surface area contributed by atoms with Crippen LogP contribution in [0.15, 0.2) is 17.5 Å². The number of amides is 9. The van der Waals surface area contributed by atoms with Gasteiger partial charge in [-0.3, -0.25) is 52.9 Å². The molecule has 1 aromatic heterocycles. The lowest BCUT2D eigenvalue weighted by Crippen LogP contribution is -2.61. The number of aromatic amines is 1. The fraction of sp³-hybridized carbons (Fsp3) is 0.667. The number of nitrogens with two attached hydrogens (primary N) is 4. The molecule has 75 heavy (non-hydrogen) atoms. The molecule has 0 saturated heterocycles. The molecule has 0 aliphatic carbocycles. The van der Waals surface area contributed by atoms with Crippen molar-refractivity contribution in [3.63, 3.8) is 0 Å². The van der Waals surface area contributed by atoms with E-state index in [0.29, 0.717) is 5.69 Å². The summed E-state index contributed by atoms with van der Waals surface area (Å²) in [4.78, 5) is 155. The van der Waals surface area contributed by atoms with Crippen LogP contribution in [0.5, 0.6) is 0 Å². The number of guanidine groups is 1. The van der Waals surface area contributed by atoms with Gasteiger partial charge in [0.2, 0.25) is 53.2 Å². The second-order valence-electron chi connectivity index (χ2n) is 19.0. The molecule has 9 amide bonds. The zero-order valence-corrected chi connectivity index (χ0v) is 43.1. The van der Waals surface area contributed by atoms with Crippen LogP contribution in [0.3, 0.4) is 0 Å². The molecule has 0 saturated carbocycles. The zero-order chi connectivity index (χ0) is 57.1. The lowest BCUT2D eigenvalue weighted by atomic mass is 10.00. The smallest absolute Gasteiger partial charge is 0.326 e. The van der Waals surface area contributed by atoms with Gasteiger partial charge in [0.25, 0.3) is 0 Å². The number of carboxylic acid groups (broad SMARTS) is 2. The van der Waals surface area contributed by atoms with Crippen LogP contribution in [0, 0.1) is 17.8 Å². The number of aliphatic hydroxyl groups excluding tert-OH is 2. The van der Waals surface area contributed by atoms with Crippen LogP contribution in [0.1, 0.15) is 98.6 Å². The van der Waals surface area contributed by atoms with Crippen molar-refractivity contribution >= 4 is 71.1 Å². The summed E-state index contributed by atoms with van der Waals surface area (Å²) < 4.78 is 0. The number of hydrogen-bond donors (Lipinski definition) is 17. The number of aliphatic carboxylic acids is 2. The molecule has 0 radical (unpaired) electrons. The van der Waals surface area contributed by atoms with Crippen molar-refractivity contribution in [2.24, 2.45) is 45.7 Å². The van der Waals surface area contributed by atoms with Gasteiger partial charge in [0.05, 0.1) is 26.0 Å². The number of imidazole rings is 1. The van der Waals surface area contributed by atoms with E-state index in [0.717, 1.165) is 0 Å². The minimum Gasteiger partial charge on any atom is -0.481 e. The van der Waals surface area contributed by atoms with Gasteiger partial charge in [0.1, 0.15) is 54.4 Å². The maximum absolute atomic E-state index is 14.1. The van der Waals surface area contributed by atoms with Gasteiger partial charge in [-0.15, -0.1) is 0 Å². The molecule has 1 aromatic rings. The number of aromatic nitrogens is 2. The second kappa shape index (κ2) is 33.4. The van der Waals surface area contributed by atoms with Crippen molar-refractivity contribution in [3.05, 3.63) is 18.2 Å². The lowest BCUT2D eigenvalue weighted by Gasteiger charge is -2.28. The van der Waals surface area contributed by atoms with E-state index in [1.807, 2.05) is 0 Å². The maximum atomic E-state index is 14.1.